The van der Waals surface area contributed by atoms with E-state index in [0.29, 0.717) is 11.5 Å². The van der Waals surface area contributed by atoms with Gasteiger partial charge in [-0.15, -0.1) is 22.6 Å². The van der Waals surface area contributed by atoms with Crippen LogP contribution < -0.4 is 5.32 Å². The van der Waals surface area contributed by atoms with Crippen molar-refractivity contribution in [2.75, 3.05) is 19.6 Å². The average Bonchev–Trinajstić information content (AvgIpc) is 3.38. The Morgan fingerprint density at radius 1 is 1.10 bits per heavy atom. The number of likely N-dealkylation sites (tertiary alicyclic amines) is 1. The quantitative estimate of drug-likeness (QED) is 0.693. The number of carbonyl (C=O) groups is 1. The van der Waals surface area contributed by atoms with Crippen molar-refractivity contribution in [3.8, 4) is 5.69 Å². The molecule has 0 unspecified atom stereocenters. The summed E-state index contributed by atoms with van der Waals surface area (Å²) in [5.74, 6) is 2.54. The number of nitrogens with one attached hydrogen (secondary N) is 1. The van der Waals surface area contributed by atoms with Gasteiger partial charge in [-0.05, 0) is 31.9 Å². The summed E-state index contributed by atoms with van der Waals surface area (Å²) in [4.78, 5) is 15.1. The summed E-state index contributed by atoms with van der Waals surface area (Å²) in [7, 11) is 0. The van der Waals surface area contributed by atoms with Crippen LogP contribution in [0.5, 0.6) is 0 Å². The van der Waals surface area contributed by atoms with E-state index in [-0.39, 0.29) is 18.3 Å². The molecule has 0 radical (unpaired) electrons. The van der Waals surface area contributed by atoms with E-state index in [4.69, 9.17) is 0 Å². The molecule has 4 heterocycles. The van der Waals surface area contributed by atoms with Gasteiger partial charge in [-0.2, -0.15) is 5.10 Å². The molecular formula is C21H26ClN7O. The Morgan fingerprint density at radius 2 is 1.87 bits per heavy atom. The molecule has 1 saturated heterocycles. The highest BCUT2D eigenvalue weighted by Gasteiger charge is 2.30. The second kappa shape index (κ2) is 8.57. The first kappa shape index (κ1) is 20.6. The number of hydrogen-bond acceptors (Lipinski definition) is 5. The molecule has 1 aromatic carbocycles. The van der Waals surface area contributed by atoms with Crippen LogP contribution in [0, 0.1) is 6.92 Å². The van der Waals surface area contributed by atoms with Crippen molar-refractivity contribution in [3.05, 3.63) is 59.4 Å². The minimum absolute atomic E-state index is 0. The van der Waals surface area contributed by atoms with Crippen LogP contribution in [0.3, 0.4) is 0 Å². The zero-order chi connectivity index (χ0) is 19.8. The third kappa shape index (κ3) is 3.61. The van der Waals surface area contributed by atoms with Gasteiger partial charge in [0.05, 0.1) is 29.7 Å². The Hall–Kier alpha value is -2.71. The number of piperidine rings is 1. The second-order valence-electron chi connectivity index (χ2n) is 7.76. The van der Waals surface area contributed by atoms with Gasteiger partial charge in [0.25, 0.3) is 5.91 Å². The summed E-state index contributed by atoms with van der Waals surface area (Å²) in [6, 6.07) is 9.91. The summed E-state index contributed by atoms with van der Waals surface area (Å²) >= 11 is 0. The number of halogens is 1. The van der Waals surface area contributed by atoms with E-state index in [1.54, 1.807) is 6.20 Å². The Bertz CT molecular complexity index is 1020. The van der Waals surface area contributed by atoms with Crippen molar-refractivity contribution in [2.45, 2.75) is 38.8 Å². The van der Waals surface area contributed by atoms with E-state index in [2.05, 4.69) is 25.2 Å². The van der Waals surface area contributed by atoms with Crippen molar-refractivity contribution in [1.82, 2.24) is 34.8 Å². The lowest BCUT2D eigenvalue weighted by atomic mass is 9.95. The molecule has 30 heavy (non-hydrogen) atoms. The van der Waals surface area contributed by atoms with E-state index in [9.17, 15) is 4.79 Å². The zero-order valence-corrected chi connectivity index (χ0v) is 17.8. The Balaban J connectivity index is 0.00000218. The molecule has 0 atom stereocenters. The molecule has 3 aromatic rings. The number of nitrogens with zero attached hydrogens (tertiary/aromatic N) is 6. The summed E-state index contributed by atoms with van der Waals surface area (Å²) < 4.78 is 4.09. The zero-order valence-electron chi connectivity index (χ0n) is 17.0. The van der Waals surface area contributed by atoms with Crippen molar-refractivity contribution in [3.63, 3.8) is 0 Å². The van der Waals surface area contributed by atoms with Gasteiger partial charge in [-0.25, -0.2) is 4.68 Å². The fourth-order valence-corrected chi connectivity index (χ4v) is 4.38. The number of rotatable bonds is 3. The molecule has 8 nitrogen and oxygen atoms in total. The predicted molar refractivity (Wildman–Crippen MR) is 115 cm³/mol. The maximum Gasteiger partial charge on any atom is 0.257 e. The van der Waals surface area contributed by atoms with E-state index >= 15 is 0 Å². The molecule has 0 saturated carbocycles. The number of para-hydroxylation sites is 1. The van der Waals surface area contributed by atoms with E-state index in [0.717, 1.165) is 68.6 Å². The molecule has 0 aliphatic carbocycles. The van der Waals surface area contributed by atoms with Gasteiger partial charge >= 0.3 is 0 Å². The van der Waals surface area contributed by atoms with E-state index in [1.807, 2.05) is 46.8 Å². The average molecular weight is 428 g/mol. The van der Waals surface area contributed by atoms with Crippen molar-refractivity contribution in [2.24, 2.45) is 0 Å². The lowest BCUT2D eigenvalue weighted by Gasteiger charge is -2.32. The van der Waals surface area contributed by atoms with Crippen LogP contribution in [0.2, 0.25) is 0 Å². The van der Waals surface area contributed by atoms with Gasteiger partial charge in [0, 0.05) is 32.1 Å². The SMILES string of the molecule is Cc1c(C(=O)N2CCC(c3nnc4n3CCNC4)CC2)cnn1-c1ccccc1.Cl. The van der Waals surface area contributed by atoms with Crippen LogP contribution in [0.25, 0.3) is 5.69 Å². The first-order valence-corrected chi connectivity index (χ1v) is 10.2. The van der Waals surface area contributed by atoms with E-state index < -0.39 is 0 Å². The molecule has 0 bridgehead atoms. The van der Waals surface area contributed by atoms with Gasteiger partial charge in [-0.3, -0.25) is 4.79 Å². The molecular weight excluding hydrogens is 402 g/mol. The minimum Gasteiger partial charge on any atom is -0.338 e. The number of carbonyl (C=O) groups excluding carboxylic acids is 1. The molecule has 1 N–H and O–H groups in total. The molecule has 158 valence electrons. The summed E-state index contributed by atoms with van der Waals surface area (Å²) in [6.45, 7) is 6.10. The van der Waals surface area contributed by atoms with Gasteiger partial charge in [0.15, 0.2) is 0 Å². The first-order chi connectivity index (χ1) is 14.2. The number of benzene rings is 1. The highest BCUT2D eigenvalue weighted by Crippen LogP contribution is 2.29. The predicted octanol–water partition coefficient (Wildman–Crippen LogP) is 2.32. The number of aromatic nitrogens is 5. The maximum absolute atomic E-state index is 13.1. The summed E-state index contributed by atoms with van der Waals surface area (Å²) in [5, 5.41) is 16.6. The van der Waals surface area contributed by atoms with Crippen LogP contribution in [0.15, 0.2) is 36.5 Å². The molecule has 2 aliphatic heterocycles. The first-order valence-electron chi connectivity index (χ1n) is 10.2. The highest BCUT2D eigenvalue weighted by molar-refractivity contribution is 5.95. The van der Waals surface area contributed by atoms with Crippen LogP contribution in [0.1, 0.15) is 46.5 Å². The lowest BCUT2D eigenvalue weighted by molar-refractivity contribution is 0.0709. The molecule has 5 rings (SSSR count). The highest BCUT2D eigenvalue weighted by atomic mass is 35.5. The molecule has 2 aliphatic rings. The smallest absolute Gasteiger partial charge is 0.257 e. The standard InChI is InChI=1S/C21H25N7O.ClH/c1-15-18(13-23-28(15)17-5-3-2-4-6-17)21(29)26-10-7-16(8-11-26)20-25-24-19-14-22-9-12-27(19)20;/h2-6,13,16,22H,7-12,14H2,1H3;1H. The Kier molecular flexibility index (Phi) is 5.87. The minimum atomic E-state index is 0. The maximum atomic E-state index is 13.1. The van der Waals surface area contributed by atoms with Gasteiger partial charge in [0.2, 0.25) is 0 Å². The topological polar surface area (TPSA) is 80.9 Å². The van der Waals surface area contributed by atoms with Crippen LogP contribution in [0.4, 0.5) is 0 Å². The van der Waals surface area contributed by atoms with Gasteiger partial charge < -0.3 is 14.8 Å². The van der Waals surface area contributed by atoms with Crippen LogP contribution >= 0.6 is 12.4 Å². The normalized spacial score (nSPS) is 16.8. The molecule has 1 fully saturated rings. The van der Waals surface area contributed by atoms with Crippen molar-refractivity contribution < 1.29 is 4.79 Å². The lowest BCUT2D eigenvalue weighted by Crippen LogP contribution is -2.39. The summed E-state index contributed by atoms with van der Waals surface area (Å²) in [5.41, 5.74) is 2.52. The van der Waals surface area contributed by atoms with Crippen molar-refractivity contribution >= 4 is 18.3 Å². The fraction of sp³-hybridized carbons (Fsp3) is 0.429. The monoisotopic (exact) mass is 427 g/mol. The molecule has 9 heteroatoms. The fourth-order valence-electron chi connectivity index (χ4n) is 4.38. The van der Waals surface area contributed by atoms with Crippen molar-refractivity contribution in [1.29, 1.82) is 0 Å². The van der Waals surface area contributed by atoms with Crippen LogP contribution in [-0.2, 0) is 13.1 Å². The Morgan fingerprint density at radius 3 is 2.63 bits per heavy atom. The molecule has 1 amide bonds. The van der Waals surface area contributed by atoms with E-state index in [1.165, 1.54) is 0 Å². The third-order valence-electron chi connectivity index (χ3n) is 6.04. The largest absolute Gasteiger partial charge is 0.338 e. The number of fused-ring (bicyclic) bond motifs is 1. The number of hydrogen-bond donors (Lipinski definition) is 1. The molecule has 0 spiro atoms. The molecule has 2 aromatic heterocycles. The van der Waals surface area contributed by atoms with Gasteiger partial charge in [-0.1, -0.05) is 18.2 Å². The number of amides is 1. The Labute approximate surface area is 181 Å². The van der Waals surface area contributed by atoms with Crippen LogP contribution in [-0.4, -0.2) is 55.0 Å². The summed E-state index contributed by atoms with van der Waals surface area (Å²) in [6.07, 6.45) is 3.53. The van der Waals surface area contributed by atoms with Gasteiger partial charge in [0.1, 0.15) is 11.6 Å². The third-order valence-corrected chi connectivity index (χ3v) is 6.04. The second-order valence-corrected chi connectivity index (χ2v) is 7.76.